The molecule has 3 aromatic heterocycles. The van der Waals surface area contributed by atoms with Crippen molar-refractivity contribution in [3.05, 3.63) is 387 Å². The highest BCUT2D eigenvalue weighted by atomic mass is 31.2. The predicted octanol–water partition coefficient (Wildman–Crippen LogP) is 21.3. The lowest BCUT2D eigenvalue weighted by Gasteiger charge is -2.34. The zero-order chi connectivity index (χ0) is 72.7. The van der Waals surface area contributed by atoms with Crippen molar-refractivity contribution >= 4 is 139 Å². The lowest BCUT2D eigenvalue weighted by Crippen LogP contribution is -2.34. The van der Waals surface area contributed by atoms with E-state index in [-0.39, 0.29) is 0 Å². The summed E-state index contributed by atoms with van der Waals surface area (Å²) in [6.45, 7) is 11.9. The number of benzene rings is 15. The fourth-order valence-electron chi connectivity index (χ4n) is 17.0. The summed E-state index contributed by atoms with van der Waals surface area (Å²) in [6.07, 6.45) is 6.53. The molecule has 512 valence electrons. The molecule has 106 heavy (non-hydrogen) atoms. The number of quaternary nitrogens is 1. The summed E-state index contributed by atoms with van der Waals surface area (Å²) in [5.41, 5.74) is 14.1. The van der Waals surface area contributed by atoms with Crippen molar-refractivity contribution in [2.75, 3.05) is 20.4 Å². The van der Waals surface area contributed by atoms with Gasteiger partial charge in [-0.25, -0.2) is 18.2 Å². The number of para-hydroxylation sites is 2. The molecule has 6 heteroatoms. The Kier molecular flexibility index (Phi) is 18.7. The fourth-order valence-corrected chi connectivity index (χ4v) is 24.1. The van der Waals surface area contributed by atoms with Gasteiger partial charge < -0.3 is 0 Å². The van der Waals surface area contributed by atoms with Crippen molar-refractivity contribution in [1.29, 1.82) is 0 Å². The Bertz CT molecular complexity index is 6190. The number of fused-ring (bicyclic) bond motifs is 9. The third-order valence-corrected chi connectivity index (χ3v) is 30.5. The lowest BCUT2D eigenvalue weighted by atomic mass is 9.88. The standard InChI is InChI=1S/C34H30N2.C34H30NP.C32H28NP/c1-25-33(31-22-12-13-24-35(31)2)29-20-11-10-19-28(29)30-21-14-23-32(34(25)30)36(3,26-15-6-4-7-16-26)27-17-8-5-9-18-27;1-25-31(32-23-27-13-10-11-14-28(27)24-35(32)2)22-21-26-15-12-20-33(34(25)26)36(3,29-16-6-4-7-17-29)30-18-8-5-9-19-30;1-23-30-25(22-26-20-19-24-13-11-21-33(2)32(24)31(23)26)12-10-18-29(30)34(3,27-14-6-4-7-15-27)28-16-8-5-9-17-28/h2*4-24H,1-3H3;4-22H,1-3H3/q3*+2. The molecular formula is C100H88N4P2+6. The molecule has 4 nitrogen and oxygen atoms in total. The molecule has 18 rings (SSSR count). The first kappa shape index (κ1) is 68.8. The number of rotatable bonds is 11. The Morgan fingerprint density at radius 3 is 1.29 bits per heavy atom. The van der Waals surface area contributed by atoms with Crippen LogP contribution in [0.25, 0.3) is 98.1 Å². The second-order valence-electron chi connectivity index (χ2n) is 28.6. The van der Waals surface area contributed by atoms with E-state index in [4.69, 9.17) is 0 Å². The smallest absolute Gasteiger partial charge is 0.220 e. The van der Waals surface area contributed by atoms with Gasteiger partial charge in [-0.05, 0) is 196 Å². The van der Waals surface area contributed by atoms with E-state index >= 15 is 0 Å². The number of pyridine rings is 3. The molecule has 0 amide bonds. The first-order chi connectivity index (χ1) is 51.8. The van der Waals surface area contributed by atoms with Gasteiger partial charge in [-0.1, -0.05) is 200 Å². The quantitative estimate of drug-likeness (QED) is 0.0402. The molecule has 0 atom stereocenters. The first-order valence-corrected chi connectivity index (χ1v) is 41.2. The highest BCUT2D eigenvalue weighted by Crippen LogP contribution is 2.56. The summed E-state index contributed by atoms with van der Waals surface area (Å²) in [5, 5.41) is 25.6. The lowest BCUT2D eigenvalue weighted by molar-refractivity contribution is -0.660. The van der Waals surface area contributed by atoms with Gasteiger partial charge in [-0.15, -0.1) is 0 Å². The SMILES string of the molecule is Cc1c(-c2cc3ccccc3c[n+]2C)ccc2cccc([P+](C)(c3ccccc3)c3ccccc3)c12.Cc1c(-c2cccc[n+]2C)c2ccccc2c2cccc([N+](C)(c3ccccc3)c3ccccc3)c12.Cc1c2c([P+](C)(c3ccccc3)c3ccccc3)cccc2cc2ccc3ccc[n+](C)c3c12. The van der Waals surface area contributed by atoms with Crippen LogP contribution >= 0.6 is 14.5 Å². The van der Waals surface area contributed by atoms with E-state index in [2.05, 4.69) is 446 Å². The van der Waals surface area contributed by atoms with Crippen molar-refractivity contribution < 1.29 is 13.7 Å². The number of hydrogen-bond acceptors (Lipinski definition) is 0. The Hall–Kier alpha value is -11.6. The molecule has 18 aromatic rings. The summed E-state index contributed by atoms with van der Waals surface area (Å²) in [4.78, 5) is 0. The average molecular weight is 1410 g/mol. The summed E-state index contributed by atoms with van der Waals surface area (Å²) in [5.74, 6) is 0. The molecule has 0 fully saturated rings. The largest absolute Gasteiger partial charge is 0.229 e. The molecule has 15 aromatic carbocycles. The van der Waals surface area contributed by atoms with Gasteiger partial charge in [0, 0.05) is 62.8 Å². The van der Waals surface area contributed by atoms with Crippen LogP contribution in [0, 0.1) is 20.8 Å². The van der Waals surface area contributed by atoms with E-state index in [1.165, 1.54) is 164 Å². The van der Waals surface area contributed by atoms with E-state index in [1.807, 2.05) is 0 Å². The zero-order valence-corrected chi connectivity index (χ0v) is 63.7. The van der Waals surface area contributed by atoms with Crippen LogP contribution < -0.4 is 50.0 Å². The normalized spacial score (nSPS) is 11.8. The third kappa shape index (κ3) is 12.0. The van der Waals surface area contributed by atoms with Crippen LogP contribution in [0.5, 0.6) is 0 Å². The van der Waals surface area contributed by atoms with Gasteiger partial charge in [-0.3, -0.25) is 0 Å². The molecular weight excluding hydrogens is 1320 g/mol. The average Bonchev–Trinajstić information content (AvgIpc) is 0.733. The molecule has 0 saturated heterocycles. The Morgan fingerprint density at radius 1 is 0.283 bits per heavy atom. The van der Waals surface area contributed by atoms with Crippen LogP contribution in [0.1, 0.15) is 16.7 Å². The van der Waals surface area contributed by atoms with Crippen molar-refractivity contribution in [2.45, 2.75) is 20.8 Å². The maximum absolute atomic E-state index is 2.49. The van der Waals surface area contributed by atoms with Gasteiger partial charge in [0.25, 0.3) is 0 Å². The number of nitrogens with zero attached hydrogens (tertiary/aromatic N) is 4. The molecule has 0 aliphatic carbocycles. The van der Waals surface area contributed by atoms with Gasteiger partial charge >= 0.3 is 0 Å². The highest BCUT2D eigenvalue weighted by Gasteiger charge is 2.44. The Labute approximate surface area is 624 Å². The van der Waals surface area contributed by atoms with Crippen LogP contribution in [0.2, 0.25) is 0 Å². The van der Waals surface area contributed by atoms with Crippen LogP contribution in [-0.2, 0) is 21.1 Å². The summed E-state index contributed by atoms with van der Waals surface area (Å²) < 4.78 is 7.34. The van der Waals surface area contributed by atoms with E-state index in [9.17, 15) is 0 Å². The van der Waals surface area contributed by atoms with Crippen molar-refractivity contribution in [2.24, 2.45) is 21.1 Å². The second-order valence-corrected chi connectivity index (χ2v) is 35.6. The summed E-state index contributed by atoms with van der Waals surface area (Å²) in [7, 11) is 5.03. The monoisotopic (exact) mass is 1410 g/mol. The molecule has 0 N–H and O–H groups in total. The maximum Gasteiger partial charge on any atom is 0.220 e. The third-order valence-electron chi connectivity index (χ3n) is 22.5. The van der Waals surface area contributed by atoms with Gasteiger partial charge in [0.2, 0.25) is 16.9 Å². The molecule has 0 aliphatic rings. The summed E-state index contributed by atoms with van der Waals surface area (Å²) in [6, 6.07) is 129. The minimum Gasteiger partial charge on any atom is -0.229 e. The maximum atomic E-state index is 2.49. The highest BCUT2D eigenvalue weighted by molar-refractivity contribution is 7.96. The Morgan fingerprint density at radius 2 is 0.717 bits per heavy atom. The van der Waals surface area contributed by atoms with E-state index in [1.54, 1.807) is 0 Å². The van der Waals surface area contributed by atoms with Gasteiger partial charge in [0.1, 0.15) is 78.9 Å². The predicted molar refractivity (Wildman–Crippen MR) is 460 cm³/mol. The van der Waals surface area contributed by atoms with Gasteiger partial charge in [0.15, 0.2) is 24.3 Å². The van der Waals surface area contributed by atoms with Crippen LogP contribution in [0.15, 0.2) is 370 Å². The number of aryl methyl sites for hydroxylation is 6. The van der Waals surface area contributed by atoms with Gasteiger partial charge in [-0.2, -0.15) is 0 Å². The van der Waals surface area contributed by atoms with Crippen molar-refractivity contribution in [3.8, 4) is 22.5 Å². The topological polar surface area (TPSA) is 11.6 Å². The number of aromatic nitrogens is 3. The second kappa shape index (κ2) is 28.8. The zero-order valence-electron chi connectivity index (χ0n) is 61.9. The minimum atomic E-state index is -1.87. The van der Waals surface area contributed by atoms with E-state index < -0.39 is 14.5 Å². The Balaban J connectivity index is 0.000000122. The fraction of sp³-hybridized carbons (Fsp3) is 0.0900. The molecule has 3 heterocycles. The van der Waals surface area contributed by atoms with Crippen LogP contribution in [0.4, 0.5) is 17.1 Å². The van der Waals surface area contributed by atoms with E-state index in [0.29, 0.717) is 4.48 Å². The van der Waals surface area contributed by atoms with Crippen molar-refractivity contribution in [1.82, 2.24) is 4.48 Å². The molecule has 0 spiro atoms. The first-order valence-electron chi connectivity index (χ1n) is 36.8. The van der Waals surface area contributed by atoms with Crippen LogP contribution in [0.3, 0.4) is 0 Å². The molecule has 0 bridgehead atoms. The minimum absolute atomic E-state index is 0.582. The molecule has 0 unspecified atom stereocenters. The number of hydrogen-bond donors (Lipinski definition) is 0. The molecule has 0 aliphatic heterocycles. The molecule has 0 radical (unpaired) electrons. The summed E-state index contributed by atoms with van der Waals surface area (Å²) >= 11 is 0. The van der Waals surface area contributed by atoms with Crippen LogP contribution in [-0.4, -0.2) is 20.4 Å². The van der Waals surface area contributed by atoms with Gasteiger partial charge in [0.05, 0.1) is 31.3 Å². The molecule has 0 saturated carbocycles. The van der Waals surface area contributed by atoms with Crippen molar-refractivity contribution in [3.63, 3.8) is 0 Å². The van der Waals surface area contributed by atoms with E-state index in [0.717, 1.165) is 0 Å².